The molecule has 0 radical (unpaired) electrons. The van der Waals surface area contributed by atoms with Gasteiger partial charge in [-0.25, -0.2) is 4.79 Å². The Labute approximate surface area is 103 Å². The highest BCUT2D eigenvalue weighted by molar-refractivity contribution is 5.89. The quantitative estimate of drug-likeness (QED) is 0.667. The number of nitrogen functional groups attached to an aromatic ring is 1. The summed E-state index contributed by atoms with van der Waals surface area (Å²) in [4.78, 5) is 19.5. The summed E-state index contributed by atoms with van der Waals surface area (Å²) in [5, 5.41) is 10.1. The van der Waals surface area contributed by atoms with Crippen molar-refractivity contribution in [3.8, 4) is 0 Å². The summed E-state index contributed by atoms with van der Waals surface area (Å²) < 4.78 is 4.90. The number of carbonyl (C=O) groups excluding carboxylic acids is 1. The number of carbonyl (C=O) groups is 1. The lowest BCUT2D eigenvalue weighted by Gasteiger charge is -2.13. The Morgan fingerprint density at radius 3 is 3.11 bits per heavy atom. The van der Waals surface area contributed by atoms with Gasteiger partial charge < -0.3 is 15.8 Å². The van der Waals surface area contributed by atoms with Crippen molar-refractivity contribution in [2.24, 2.45) is 0 Å². The molecule has 2 aromatic heterocycles. The molecular weight excluding hydrogens is 236 g/mol. The van der Waals surface area contributed by atoms with Gasteiger partial charge in [0.05, 0.1) is 18.2 Å². The monoisotopic (exact) mass is 250 g/mol. The van der Waals surface area contributed by atoms with Gasteiger partial charge >= 0.3 is 5.97 Å². The molecule has 0 fully saturated rings. The van der Waals surface area contributed by atoms with Gasteiger partial charge in [-0.2, -0.15) is 15.1 Å². The predicted octanol–water partition coefficient (Wildman–Crippen LogP) is 0.299. The highest BCUT2D eigenvalue weighted by Crippen LogP contribution is 2.19. The first-order chi connectivity index (χ1) is 8.61. The largest absolute Gasteiger partial charge is 0.464 e. The third-order valence-corrected chi connectivity index (χ3v) is 2.32. The van der Waals surface area contributed by atoms with Gasteiger partial charge in [-0.05, 0) is 13.8 Å². The van der Waals surface area contributed by atoms with Crippen molar-refractivity contribution in [3.05, 3.63) is 6.20 Å². The lowest BCUT2D eigenvalue weighted by atomic mass is 10.3. The number of rotatable bonds is 4. The Hall–Kier alpha value is -2.38. The Morgan fingerprint density at radius 2 is 2.39 bits per heavy atom. The zero-order chi connectivity index (χ0) is 13.1. The van der Waals surface area contributed by atoms with E-state index in [-0.39, 0.29) is 11.9 Å². The molecule has 1 unspecified atom stereocenters. The topological polar surface area (TPSA) is 119 Å². The third kappa shape index (κ3) is 2.31. The van der Waals surface area contributed by atoms with Crippen molar-refractivity contribution in [1.29, 1.82) is 0 Å². The van der Waals surface area contributed by atoms with E-state index in [0.717, 1.165) is 0 Å². The first-order valence-electron chi connectivity index (χ1n) is 5.51. The number of aromatic nitrogens is 4. The number of nitrogens with two attached hydrogens (primary N) is 1. The van der Waals surface area contributed by atoms with Gasteiger partial charge in [0, 0.05) is 0 Å². The summed E-state index contributed by atoms with van der Waals surface area (Å²) in [6, 6.07) is -0.530. The van der Waals surface area contributed by atoms with Crippen molar-refractivity contribution in [1.82, 2.24) is 20.2 Å². The smallest absolute Gasteiger partial charge is 0.328 e. The van der Waals surface area contributed by atoms with Crippen molar-refractivity contribution < 1.29 is 9.53 Å². The molecular formula is C10H14N6O2. The molecule has 4 N–H and O–H groups in total. The summed E-state index contributed by atoms with van der Waals surface area (Å²) in [6.45, 7) is 3.77. The molecule has 96 valence electrons. The van der Waals surface area contributed by atoms with Gasteiger partial charge in [0.1, 0.15) is 11.9 Å². The molecule has 0 bridgehead atoms. The van der Waals surface area contributed by atoms with Gasteiger partial charge in [0.25, 0.3) is 0 Å². The molecule has 0 amide bonds. The molecule has 2 aromatic rings. The molecule has 0 spiro atoms. The van der Waals surface area contributed by atoms with Crippen LogP contribution in [0.1, 0.15) is 13.8 Å². The molecule has 0 aliphatic rings. The van der Waals surface area contributed by atoms with E-state index < -0.39 is 6.04 Å². The fourth-order valence-corrected chi connectivity index (χ4v) is 1.49. The number of hydrogen-bond donors (Lipinski definition) is 3. The van der Waals surface area contributed by atoms with Gasteiger partial charge in [-0.1, -0.05) is 0 Å². The number of hydrogen-bond acceptors (Lipinski definition) is 7. The second-order valence-electron chi connectivity index (χ2n) is 3.68. The standard InChI is InChI=1S/C10H14N6O2/c1-3-18-9(17)5(2)13-7-6-4-12-16-8(6)15-10(11)14-7/h4-5H,3H2,1-2H3,(H4,11,12,13,14,15,16). The van der Waals surface area contributed by atoms with E-state index in [1.165, 1.54) is 0 Å². The predicted molar refractivity (Wildman–Crippen MR) is 65.8 cm³/mol. The maximum Gasteiger partial charge on any atom is 0.328 e. The van der Waals surface area contributed by atoms with E-state index >= 15 is 0 Å². The summed E-state index contributed by atoms with van der Waals surface area (Å²) in [6.07, 6.45) is 1.56. The van der Waals surface area contributed by atoms with Crippen LogP contribution in [0.5, 0.6) is 0 Å². The minimum absolute atomic E-state index is 0.102. The summed E-state index contributed by atoms with van der Waals surface area (Å²) >= 11 is 0. The Bertz CT molecular complexity index is 566. The number of anilines is 2. The average molecular weight is 250 g/mol. The second-order valence-corrected chi connectivity index (χ2v) is 3.68. The number of esters is 1. The lowest BCUT2D eigenvalue weighted by molar-refractivity contribution is -0.143. The van der Waals surface area contributed by atoms with Crippen molar-refractivity contribution in [2.75, 3.05) is 17.7 Å². The minimum Gasteiger partial charge on any atom is -0.464 e. The Balaban J connectivity index is 2.25. The van der Waals surface area contributed by atoms with Crippen LogP contribution in [0.4, 0.5) is 11.8 Å². The van der Waals surface area contributed by atoms with Gasteiger partial charge in [-0.15, -0.1) is 0 Å². The van der Waals surface area contributed by atoms with Crippen molar-refractivity contribution in [3.63, 3.8) is 0 Å². The summed E-state index contributed by atoms with van der Waals surface area (Å²) in [5.41, 5.74) is 6.08. The van der Waals surface area contributed by atoms with Crippen molar-refractivity contribution >= 4 is 28.8 Å². The van der Waals surface area contributed by atoms with Gasteiger partial charge in [0.2, 0.25) is 5.95 Å². The van der Waals surface area contributed by atoms with Crippen LogP contribution in [0.3, 0.4) is 0 Å². The second kappa shape index (κ2) is 4.86. The average Bonchev–Trinajstić information content (AvgIpc) is 2.77. The number of nitrogens with one attached hydrogen (secondary N) is 2. The maximum atomic E-state index is 11.5. The molecule has 0 saturated carbocycles. The molecule has 2 rings (SSSR count). The normalized spacial score (nSPS) is 12.3. The highest BCUT2D eigenvalue weighted by Gasteiger charge is 2.16. The molecule has 0 aliphatic carbocycles. The zero-order valence-corrected chi connectivity index (χ0v) is 10.1. The van der Waals surface area contributed by atoms with Crippen LogP contribution in [-0.4, -0.2) is 38.8 Å². The van der Waals surface area contributed by atoms with E-state index in [4.69, 9.17) is 10.5 Å². The van der Waals surface area contributed by atoms with E-state index in [0.29, 0.717) is 23.5 Å². The Morgan fingerprint density at radius 1 is 1.61 bits per heavy atom. The number of aromatic amines is 1. The number of H-pyrrole nitrogens is 1. The van der Waals surface area contributed by atoms with Crippen LogP contribution < -0.4 is 11.1 Å². The fourth-order valence-electron chi connectivity index (χ4n) is 1.49. The third-order valence-electron chi connectivity index (χ3n) is 2.32. The molecule has 2 heterocycles. The molecule has 8 nitrogen and oxygen atoms in total. The van der Waals surface area contributed by atoms with E-state index in [9.17, 15) is 4.79 Å². The molecule has 18 heavy (non-hydrogen) atoms. The summed E-state index contributed by atoms with van der Waals surface area (Å²) in [7, 11) is 0. The van der Waals surface area contributed by atoms with E-state index in [2.05, 4.69) is 25.5 Å². The zero-order valence-electron chi connectivity index (χ0n) is 10.1. The summed E-state index contributed by atoms with van der Waals surface area (Å²) in [5.74, 6) is 0.198. The lowest BCUT2D eigenvalue weighted by Crippen LogP contribution is -2.28. The first-order valence-corrected chi connectivity index (χ1v) is 5.51. The fraction of sp³-hybridized carbons (Fsp3) is 0.400. The van der Waals surface area contributed by atoms with E-state index in [1.807, 2.05) is 0 Å². The minimum atomic E-state index is -0.530. The SMILES string of the molecule is CCOC(=O)C(C)Nc1nc(N)nc2[nH]ncc12. The van der Waals surface area contributed by atoms with Crippen LogP contribution in [0.25, 0.3) is 11.0 Å². The molecule has 8 heteroatoms. The van der Waals surface area contributed by atoms with Crippen LogP contribution in [-0.2, 0) is 9.53 Å². The highest BCUT2D eigenvalue weighted by atomic mass is 16.5. The van der Waals surface area contributed by atoms with Crippen LogP contribution in [0.15, 0.2) is 6.20 Å². The number of ether oxygens (including phenoxy) is 1. The van der Waals surface area contributed by atoms with Crippen molar-refractivity contribution in [2.45, 2.75) is 19.9 Å². The van der Waals surface area contributed by atoms with Gasteiger partial charge in [0.15, 0.2) is 5.65 Å². The number of fused-ring (bicyclic) bond motifs is 1. The molecule has 0 aromatic carbocycles. The van der Waals surface area contributed by atoms with Crippen LogP contribution >= 0.6 is 0 Å². The number of nitrogens with zero attached hydrogens (tertiary/aromatic N) is 3. The Kier molecular flexibility index (Phi) is 3.26. The maximum absolute atomic E-state index is 11.5. The molecule has 0 aliphatic heterocycles. The van der Waals surface area contributed by atoms with E-state index in [1.54, 1.807) is 20.0 Å². The van der Waals surface area contributed by atoms with Crippen LogP contribution in [0, 0.1) is 0 Å². The first kappa shape index (κ1) is 12.1. The van der Waals surface area contributed by atoms with Gasteiger partial charge in [-0.3, -0.25) is 5.10 Å². The molecule has 1 atom stereocenters. The van der Waals surface area contributed by atoms with Crippen LogP contribution in [0.2, 0.25) is 0 Å². The molecule has 0 saturated heterocycles.